The predicted octanol–water partition coefficient (Wildman–Crippen LogP) is 8.29. The number of fused-ring (bicyclic) bond motifs is 11. The van der Waals surface area contributed by atoms with E-state index in [2.05, 4.69) is 109 Å². The minimum Gasteiger partial charge on any atom is -0.134 e. The van der Waals surface area contributed by atoms with Crippen molar-refractivity contribution < 1.29 is 0 Å². The molecule has 8 rings (SSSR count). The SMILES string of the molecule is C1=c2c(sc3c2ccc2ccccc23)=C(c2ccc3c4ccccc4c4ccccc4c3c2)CC1. The lowest BCUT2D eigenvalue weighted by molar-refractivity contribution is 1.09. The number of hydrogen-bond donors (Lipinski definition) is 0. The smallest absolute Gasteiger partial charge is 0.0433 e. The molecule has 164 valence electrons. The van der Waals surface area contributed by atoms with Crippen molar-refractivity contribution in [1.82, 2.24) is 0 Å². The van der Waals surface area contributed by atoms with Gasteiger partial charge in [0.2, 0.25) is 0 Å². The van der Waals surface area contributed by atoms with Crippen molar-refractivity contribution in [3.8, 4) is 0 Å². The monoisotopic (exact) mass is 462 g/mol. The third-order valence-corrected chi connectivity index (χ3v) is 9.04. The van der Waals surface area contributed by atoms with Crippen LogP contribution >= 0.6 is 11.3 Å². The number of hydrogen-bond acceptors (Lipinski definition) is 1. The van der Waals surface area contributed by atoms with Gasteiger partial charge in [-0.3, -0.25) is 0 Å². The summed E-state index contributed by atoms with van der Waals surface area (Å²) in [5.41, 5.74) is 2.86. The standard InChI is InChI=1S/C34H22S/c1-2-9-23-21(8-1)16-19-31-30-15-7-14-24(34(30)35-33(23)31)22-17-18-29-27-12-4-3-10-25(27)26-11-5-6-13-28(26)32(29)20-22/h1-6,8-13,15-20H,7,14H2. The first-order chi connectivity index (χ1) is 17.4. The fourth-order valence-corrected chi connectivity index (χ4v) is 7.55. The van der Waals surface area contributed by atoms with Crippen LogP contribution in [0.25, 0.3) is 64.8 Å². The number of rotatable bonds is 1. The van der Waals surface area contributed by atoms with Crippen LogP contribution < -0.4 is 9.75 Å². The Kier molecular flexibility index (Phi) is 4.03. The van der Waals surface area contributed by atoms with E-state index in [9.17, 15) is 0 Å². The van der Waals surface area contributed by atoms with E-state index in [-0.39, 0.29) is 0 Å². The summed E-state index contributed by atoms with van der Waals surface area (Å²) in [6, 6.07) is 38.3. The minimum atomic E-state index is 1.09. The van der Waals surface area contributed by atoms with Crippen LogP contribution in [0.4, 0.5) is 0 Å². The Labute approximate surface area is 207 Å². The van der Waals surface area contributed by atoms with Gasteiger partial charge in [-0.25, -0.2) is 0 Å². The molecule has 6 aromatic carbocycles. The largest absolute Gasteiger partial charge is 0.134 e. The lowest BCUT2D eigenvalue weighted by Crippen LogP contribution is -2.25. The van der Waals surface area contributed by atoms with Gasteiger partial charge in [0.15, 0.2) is 0 Å². The average molecular weight is 463 g/mol. The molecule has 35 heavy (non-hydrogen) atoms. The molecule has 0 aliphatic heterocycles. The van der Waals surface area contributed by atoms with E-state index in [0.29, 0.717) is 0 Å². The summed E-state index contributed by atoms with van der Waals surface area (Å²) in [7, 11) is 0. The van der Waals surface area contributed by atoms with Crippen molar-refractivity contribution in [3.05, 3.63) is 118 Å². The Bertz CT molecular complexity index is 2070. The summed E-state index contributed by atoms with van der Waals surface area (Å²) in [5.74, 6) is 0. The molecule has 0 nitrogen and oxygen atoms in total. The highest BCUT2D eigenvalue weighted by Gasteiger charge is 2.15. The van der Waals surface area contributed by atoms with Gasteiger partial charge in [-0.15, -0.1) is 11.3 Å². The van der Waals surface area contributed by atoms with E-state index in [0.717, 1.165) is 12.8 Å². The molecule has 0 unspecified atom stereocenters. The van der Waals surface area contributed by atoms with Crippen molar-refractivity contribution >= 4 is 76.2 Å². The fourth-order valence-electron chi connectivity index (χ4n) is 6.12. The van der Waals surface area contributed by atoms with E-state index in [1.165, 1.54) is 74.1 Å². The summed E-state index contributed by atoms with van der Waals surface area (Å²) in [6.07, 6.45) is 4.64. The van der Waals surface area contributed by atoms with Gasteiger partial charge >= 0.3 is 0 Å². The Hall–Kier alpha value is -3.94. The Balaban J connectivity index is 1.49. The zero-order valence-corrected chi connectivity index (χ0v) is 20.0. The van der Waals surface area contributed by atoms with Crippen molar-refractivity contribution in [1.29, 1.82) is 0 Å². The first-order valence-corrected chi connectivity index (χ1v) is 13.2. The maximum absolute atomic E-state index is 2.46. The van der Waals surface area contributed by atoms with Crippen LogP contribution in [-0.2, 0) is 0 Å². The molecule has 0 bridgehead atoms. The number of thiophene rings is 1. The Morgan fingerprint density at radius 2 is 1.11 bits per heavy atom. The third kappa shape index (κ3) is 2.73. The highest BCUT2D eigenvalue weighted by molar-refractivity contribution is 7.18. The lowest BCUT2D eigenvalue weighted by atomic mass is 9.90. The van der Waals surface area contributed by atoms with Crippen LogP contribution in [0.3, 0.4) is 0 Å². The molecule has 0 spiro atoms. The van der Waals surface area contributed by atoms with Gasteiger partial charge in [-0.1, -0.05) is 103 Å². The molecule has 1 aromatic heterocycles. The topological polar surface area (TPSA) is 0 Å². The summed E-state index contributed by atoms with van der Waals surface area (Å²) >= 11 is 1.98. The highest BCUT2D eigenvalue weighted by atomic mass is 32.1. The van der Waals surface area contributed by atoms with Gasteiger partial charge in [0.05, 0.1) is 0 Å². The zero-order valence-electron chi connectivity index (χ0n) is 19.2. The van der Waals surface area contributed by atoms with E-state index < -0.39 is 0 Å². The van der Waals surface area contributed by atoms with Gasteiger partial charge in [-0.2, -0.15) is 0 Å². The molecule has 0 saturated heterocycles. The summed E-state index contributed by atoms with van der Waals surface area (Å²) in [6.45, 7) is 0. The molecule has 0 fully saturated rings. The predicted molar refractivity (Wildman–Crippen MR) is 154 cm³/mol. The average Bonchev–Trinajstić information content (AvgIpc) is 3.32. The van der Waals surface area contributed by atoms with Gasteiger partial charge in [0.1, 0.15) is 0 Å². The molecule has 7 aromatic rings. The molecule has 0 N–H and O–H groups in total. The highest BCUT2D eigenvalue weighted by Crippen LogP contribution is 2.37. The molecule has 1 aliphatic rings. The molecule has 0 atom stereocenters. The van der Waals surface area contributed by atoms with Crippen LogP contribution in [0.2, 0.25) is 0 Å². The lowest BCUT2D eigenvalue weighted by Gasteiger charge is -2.14. The molecule has 0 radical (unpaired) electrons. The molecular weight excluding hydrogens is 440 g/mol. The van der Waals surface area contributed by atoms with Gasteiger partial charge in [0.25, 0.3) is 0 Å². The first kappa shape index (κ1) is 19.4. The second kappa shape index (κ2) is 7.28. The van der Waals surface area contributed by atoms with E-state index in [1.54, 1.807) is 0 Å². The van der Waals surface area contributed by atoms with Crippen LogP contribution in [0.1, 0.15) is 18.4 Å². The first-order valence-electron chi connectivity index (χ1n) is 12.3. The Morgan fingerprint density at radius 3 is 1.86 bits per heavy atom. The maximum atomic E-state index is 2.46. The van der Waals surface area contributed by atoms with Crippen molar-refractivity contribution in [3.63, 3.8) is 0 Å². The maximum Gasteiger partial charge on any atom is 0.0433 e. The molecule has 0 amide bonds. The summed E-state index contributed by atoms with van der Waals surface area (Å²) in [5, 5.41) is 13.6. The Morgan fingerprint density at radius 1 is 0.514 bits per heavy atom. The number of benzene rings is 6. The van der Waals surface area contributed by atoms with E-state index in [1.807, 2.05) is 11.3 Å². The van der Waals surface area contributed by atoms with Crippen molar-refractivity contribution in [2.75, 3.05) is 0 Å². The quantitative estimate of drug-likeness (QED) is 0.215. The van der Waals surface area contributed by atoms with Crippen LogP contribution in [-0.4, -0.2) is 0 Å². The second-order valence-corrected chi connectivity index (χ2v) is 10.6. The van der Waals surface area contributed by atoms with Crippen LogP contribution in [0, 0.1) is 0 Å². The fraction of sp³-hybridized carbons (Fsp3) is 0.0588. The minimum absolute atomic E-state index is 1.09. The summed E-state index contributed by atoms with van der Waals surface area (Å²) < 4.78 is 2.87. The van der Waals surface area contributed by atoms with Crippen molar-refractivity contribution in [2.24, 2.45) is 0 Å². The molecule has 1 aliphatic carbocycles. The van der Waals surface area contributed by atoms with Gasteiger partial charge in [-0.05, 0) is 78.4 Å². The molecule has 1 heteroatoms. The van der Waals surface area contributed by atoms with E-state index >= 15 is 0 Å². The second-order valence-electron chi connectivity index (χ2n) is 9.58. The van der Waals surface area contributed by atoms with E-state index in [4.69, 9.17) is 0 Å². The molecule has 0 saturated carbocycles. The van der Waals surface area contributed by atoms with Crippen molar-refractivity contribution in [2.45, 2.75) is 12.8 Å². The van der Waals surface area contributed by atoms with Crippen LogP contribution in [0.15, 0.2) is 103 Å². The zero-order chi connectivity index (χ0) is 22.9. The molecular formula is C34H22S. The van der Waals surface area contributed by atoms with Crippen LogP contribution in [0.5, 0.6) is 0 Å². The summed E-state index contributed by atoms with van der Waals surface area (Å²) in [4.78, 5) is 0. The third-order valence-electron chi connectivity index (χ3n) is 7.73. The normalized spacial score (nSPS) is 13.7. The molecule has 1 heterocycles. The van der Waals surface area contributed by atoms with Gasteiger partial charge < -0.3 is 0 Å². The van der Waals surface area contributed by atoms with Gasteiger partial charge in [0, 0.05) is 14.6 Å².